The van der Waals surface area contributed by atoms with Crippen LogP contribution in [0.2, 0.25) is 0 Å². The lowest BCUT2D eigenvalue weighted by molar-refractivity contribution is 0.0123. The van der Waals surface area contributed by atoms with Crippen molar-refractivity contribution in [2.45, 2.75) is 44.8 Å². The number of hydrogen-bond acceptors (Lipinski definition) is 8. The van der Waals surface area contributed by atoms with Gasteiger partial charge in [-0.15, -0.1) is 0 Å². The Kier molecular flexibility index (Phi) is 7.29. The molecule has 9 nitrogen and oxygen atoms in total. The second-order valence-electron chi connectivity index (χ2n) is 8.73. The van der Waals surface area contributed by atoms with Crippen LogP contribution in [0.15, 0.2) is 53.7 Å². The average molecular weight is 450 g/mol. The van der Waals surface area contributed by atoms with E-state index < -0.39 is 0 Å². The molecule has 0 bridgehead atoms. The molecular formula is C24H31N7O2. The van der Waals surface area contributed by atoms with Crippen molar-refractivity contribution in [3.63, 3.8) is 0 Å². The molecule has 4 rings (SSSR count). The number of aromatic nitrogens is 2. The Morgan fingerprint density at radius 1 is 1.27 bits per heavy atom. The Hall–Kier alpha value is -3.33. The summed E-state index contributed by atoms with van der Waals surface area (Å²) in [5.41, 5.74) is 16.1. The van der Waals surface area contributed by atoms with Crippen molar-refractivity contribution < 1.29 is 9.53 Å². The van der Waals surface area contributed by atoms with Gasteiger partial charge in [-0.1, -0.05) is 24.3 Å². The highest BCUT2D eigenvalue weighted by atomic mass is 16.5. The molecule has 1 unspecified atom stereocenters. The van der Waals surface area contributed by atoms with Crippen LogP contribution in [0.4, 0.5) is 5.95 Å². The van der Waals surface area contributed by atoms with E-state index in [2.05, 4.69) is 44.7 Å². The number of benzene rings is 1. The Balaban J connectivity index is 1.25. The second-order valence-corrected chi connectivity index (χ2v) is 8.73. The summed E-state index contributed by atoms with van der Waals surface area (Å²) < 4.78 is 5.80. The van der Waals surface area contributed by atoms with Crippen molar-refractivity contribution in [3.8, 4) is 0 Å². The molecule has 2 heterocycles. The van der Waals surface area contributed by atoms with Crippen LogP contribution in [-0.4, -0.2) is 52.6 Å². The van der Waals surface area contributed by atoms with Gasteiger partial charge < -0.3 is 20.7 Å². The molecule has 0 saturated carbocycles. The molecule has 9 heteroatoms. The van der Waals surface area contributed by atoms with Crippen molar-refractivity contribution >= 4 is 11.9 Å². The number of nitrogens with zero attached hydrogens (tertiary/aromatic N) is 4. The number of carbonyl (C=O) groups excluding carboxylic acids is 1. The first-order valence-corrected chi connectivity index (χ1v) is 11.4. The molecule has 2 aromatic rings. The summed E-state index contributed by atoms with van der Waals surface area (Å²) in [5, 5.41) is 6.72. The fraction of sp³-hybridized carbons (Fsp3) is 0.458. The third-order valence-electron chi connectivity index (χ3n) is 6.60. The summed E-state index contributed by atoms with van der Waals surface area (Å²) in [7, 11) is 0. The maximum absolute atomic E-state index is 12.9. The summed E-state index contributed by atoms with van der Waals surface area (Å²) in [4.78, 5) is 23.6. The minimum Gasteiger partial charge on any atom is -0.403 e. The van der Waals surface area contributed by atoms with Gasteiger partial charge in [0.2, 0.25) is 5.95 Å². The predicted molar refractivity (Wildman–Crippen MR) is 125 cm³/mol. The smallest absolute Gasteiger partial charge is 0.256 e. The Morgan fingerprint density at radius 2 is 1.91 bits per heavy atom. The number of likely N-dealkylation sites (tertiary alicyclic amines) is 1. The third kappa shape index (κ3) is 5.54. The van der Waals surface area contributed by atoms with Crippen molar-refractivity contribution in [1.82, 2.24) is 14.9 Å². The molecule has 1 aromatic heterocycles. The molecule has 1 aromatic carbocycles. The number of fused-ring (bicyclic) bond motifs is 1. The highest BCUT2D eigenvalue weighted by Gasteiger charge is 2.28. The van der Waals surface area contributed by atoms with Gasteiger partial charge in [0.15, 0.2) is 0 Å². The van der Waals surface area contributed by atoms with Crippen LogP contribution in [0.5, 0.6) is 0 Å². The number of hydrogen-bond donors (Lipinski definition) is 3. The highest BCUT2D eigenvalue weighted by Crippen LogP contribution is 2.25. The summed E-state index contributed by atoms with van der Waals surface area (Å²) in [6.45, 7) is 3.58. The van der Waals surface area contributed by atoms with E-state index in [1.54, 1.807) is 12.4 Å². The minimum absolute atomic E-state index is 0.00867. The monoisotopic (exact) mass is 449 g/mol. The van der Waals surface area contributed by atoms with Crippen molar-refractivity contribution in [1.29, 1.82) is 5.53 Å². The number of carbonyl (C=O) groups is 1. The summed E-state index contributed by atoms with van der Waals surface area (Å²) in [5.74, 6) is 0.861. The third-order valence-corrected chi connectivity index (χ3v) is 6.60. The first-order valence-electron chi connectivity index (χ1n) is 11.4. The molecule has 1 atom stereocenters. The number of amides is 1. The lowest BCUT2D eigenvalue weighted by atomic mass is 9.92. The van der Waals surface area contributed by atoms with Gasteiger partial charge in [-0.25, -0.2) is 15.5 Å². The average Bonchev–Trinajstić information content (AvgIpc) is 3.27. The van der Waals surface area contributed by atoms with Gasteiger partial charge in [0.05, 0.1) is 18.3 Å². The number of anilines is 1. The zero-order valence-corrected chi connectivity index (χ0v) is 18.9. The molecule has 1 aliphatic carbocycles. The van der Waals surface area contributed by atoms with Gasteiger partial charge in [-0.3, -0.25) is 4.79 Å². The maximum Gasteiger partial charge on any atom is 0.256 e. The van der Waals surface area contributed by atoms with Crippen LogP contribution in [0.25, 0.3) is 0 Å². The fourth-order valence-corrected chi connectivity index (χ4v) is 4.58. The molecule has 1 amide bonds. The van der Waals surface area contributed by atoms with Crippen molar-refractivity contribution in [2.75, 3.05) is 25.0 Å². The molecule has 2 aliphatic rings. The number of rotatable bonds is 8. The van der Waals surface area contributed by atoms with Crippen LogP contribution < -0.4 is 11.1 Å². The minimum atomic E-state index is -0.0387. The molecule has 1 fully saturated rings. The maximum atomic E-state index is 12.9. The number of nitrogens with one attached hydrogen (secondary N) is 2. The largest absolute Gasteiger partial charge is 0.403 e. The van der Waals surface area contributed by atoms with E-state index in [4.69, 9.17) is 16.0 Å². The quantitative estimate of drug-likeness (QED) is 0.531. The fourth-order valence-electron chi connectivity index (χ4n) is 4.58. The van der Waals surface area contributed by atoms with Gasteiger partial charge >= 0.3 is 0 Å². The van der Waals surface area contributed by atoms with E-state index in [0.29, 0.717) is 36.2 Å². The molecule has 33 heavy (non-hydrogen) atoms. The Bertz CT molecular complexity index is 975. The van der Waals surface area contributed by atoms with E-state index in [-0.39, 0.29) is 24.7 Å². The van der Waals surface area contributed by atoms with E-state index >= 15 is 0 Å². The van der Waals surface area contributed by atoms with Gasteiger partial charge in [0, 0.05) is 37.7 Å². The van der Waals surface area contributed by atoms with Crippen LogP contribution in [0.1, 0.15) is 41.3 Å². The Labute approximate surface area is 193 Å². The Morgan fingerprint density at radius 3 is 2.48 bits per heavy atom. The molecule has 1 aliphatic heterocycles. The van der Waals surface area contributed by atoms with Gasteiger partial charge in [0.25, 0.3) is 5.91 Å². The van der Waals surface area contributed by atoms with Gasteiger partial charge in [-0.2, -0.15) is 5.11 Å². The first-order chi connectivity index (χ1) is 16.1. The second kappa shape index (κ2) is 10.5. The van der Waals surface area contributed by atoms with Crippen molar-refractivity contribution in [2.24, 2.45) is 16.8 Å². The van der Waals surface area contributed by atoms with Crippen LogP contribution in [0, 0.1) is 11.4 Å². The summed E-state index contributed by atoms with van der Waals surface area (Å²) >= 11 is 0. The lowest BCUT2D eigenvalue weighted by Crippen LogP contribution is -2.41. The van der Waals surface area contributed by atoms with Crippen LogP contribution in [0.3, 0.4) is 0 Å². The highest BCUT2D eigenvalue weighted by molar-refractivity contribution is 5.93. The normalized spacial score (nSPS) is 18.1. The first kappa shape index (κ1) is 22.8. The van der Waals surface area contributed by atoms with Gasteiger partial charge in [0.1, 0.15) is 5.70 Å². The van der Waals surface area contributed by atoms with Crippen molar-refractivity contribution in [3.05, 3.63) is 65.2 Å². The van der Waals surface area contributed by atoms with E-state index in [1.807, 2.05) is 11.8 Å². The SMILES string of the molecule is CC(OC/C(=C/N)N=N)C1CCN(C(=O)c2cnc(NC3Cc4ccccc4C3)nc2)CC1. The number of piperidine rings is 1. The predicted octanol–water partition coefficient (Wildman–Crippen LogP) is 3.14. The standard InChI is InChI=1S/C24H31N7O2/c1-16(33-15-22(12-25)30-26)17-6-8-31(9-7-17)23(32)20-13-27-24(28-14-20)29-21-10-18-4-2-3-5-19(18)11-21/h2-5,12-14,16-17,21,26H,6-11,15,25H2,1H3,(H,27,28,29)/b22-12-,30-26?. The number of ether oxygens (including phenoxy) is 1. The van der Waals surface area contributed by atoms with Gasteiger partial charge in [-0.05, 0) is 49.7 Å². The molecule has 4 N–H and O–H groups in total. The van der Waals surface area contributed by atoms with Crippen LogP contribution in [-0.2, 0) is 17.6 Å². The zero-order chi connectivity index (χ0) is 23.2. The number of nitrogens with two attached hydrogens (primary N) is 1. The molecule has 1 saturated heterocycles. The van der Waals surface area contributed by atoms with Crippen LogP contribution >= 0.6 is 0 Å². The molecular weight excluding hydrogens is 418 g/mol. The zero-order valence-electron chi connectivity index (χ0n) is 18.9. The molecule has 174 valence electrons. The van der Waals surface area contributed by atoms with E-state index in [1.165, 1.54) is 17.3 Å². The van der Waals surface area contributed by atoms with E-state index in [0.717, 1.165) is 25.7 Å². The summed E-state index contributed by atoms with van der Waals surface area (Å²) in [6.07, 6.45) is 8.15. The van der Waals surface area contributed by atoms with E-state index in [9.17, 15) is 4.79 Å². The summed E-state index contributed by atoms with van der Waals surface area (Å²) in [6, 6.07) is 8.74. The molecule has 0 radical (unpaired) electrons. The topological polar surface area (TPSA) is 130 Å². The lowest BCUT2D eigenvalue weighted by Gasteiger charge is -2.34. The molecule has 0 spiro atoms.